The molecule has 4 nitrogen and oxygen atoms in total. The van der Waals surface area contributed by atoms with Crippen molar-refractivity contribution < 1.29 is 14.0 Å². The molecule has 1 aliphatic rings. The maximum absolute atomic E-state index is 13.7. The summed E-state index contributed by atoms with van der Waals surface area (Å²) in [5.74, 6) is -0.764. The molecule has 0 aliphatic carbocycles. The van der Waals surface area contributed by atoms with E-state index in [1.807, 2.05) is 0 Å². The highest BCUT2D eigenvalue weighted by molar-refractivity contribution is 5.81. The van der Waals surface area contributed by atoms with E-state index in [4.69, 9.17) is 0 Å². The number of aryl methyl sites for hydroxylation is 1. The Morgan fingerprint density at radius 1 is 1.11 bits per heavy atom. The van der Waals surface area contributed by atoms with Crippen LogP contribution in [0.15, 0.2) is 48.5 Å². The highest BCUT2D eigenvalue weighted by atomic mass is 19.1. The Morgan fingerprint density at radius 3 is 2.46 bits per heavy atom. The summed E-state index contributed by atoms with van der Waals surface area (Å²) in [6, 6.07) is 14.8. The lowest BCUT2D eigenvalue weighted by molar-refractivity contribution is -0.137. The maximum Gasteiger partial charge on any atom is 0.225 e. The summed E-state index contributed by atoms with van der Waals surface area (Å²) >= 11 is 0. The number of carbonyl (C=O) groups excluding carboxylic acids is 2. The van der Waals surface area contributed by atoms with E-state index in [9.17, 15) is 14.0 Å². The van der Waals surface area contributed by atoms with E-state index in [0.717, 1.165) is 18.4 Å². The van der Waals surface area contributed by atoms with E-state index in [2.05, 4.69) is 36.5 Å². The molecule has 0 aromatic heterocycles. The number of amides is 2. The highest BCUT2D eigenvalue weighted by Gasteiger charge is 2.34. The summed E-state index contributed by atoms with van der Waals surface area (Å²) in [4.78, 5) is 26.6. The predicted octanol–water partition coefficient (Wildman–Crippen LogP) is 4.00. The van der Waals surface area contributed by atoms with E-state index in [1.54, 1.807) is 30.0 Å². The van der Waals surface area contributed by atoms with Gasteiger partial charge in [0.1, 0.15) is 5.82 Å². The average Bonchev–Trinajstić information content (AvgIpc) is 2.72. The summed E-state index contributed by atoms with van der Waals surface area (Å²) in [6.07, 6.45) is 2.42. The summed E-state index contributed by atoms with van der Waals surface area (Å²) in [5, 5.41) is 2.82. The molecular weight excluding hydrogens is 355 g/mol. The van der Waals surface area contributed by atoms with Crippen LogP contribution in [-0.4, -0.2) is 23.3 Å². The topological polar surface area (TPSA) is 49.4 Å². The van der Waals surface area contributed by atoms with Crippen LogP contribution in [0.3, 0.4) is 0 Å². The van der Waals surface area contributed by atoms with Crippen LogP contribution >= 0.6 is 0 Å². The minimum Gasteiger partial charge on any atom is -0.352 e. The summed E-state index contributed by atoms with van der Waals surface area (Å²) in [6.45, 7) is 4.21. The lowest BCUT2D eigenvalue weighted by atomic mass is 9.88. The summed E-state index contributed by atoms with van der Waals surface area (Å²) in [5.41, 5.74) is 2.83. The molecule has 1 fully saturated rings. The molecule has 0 radical (unpaired) electrons. The van der Waals surface area contributed by atoms with Gasteiger partial charge in [0.25, 0.3) is 0 Å². The van der Waals surface area contributed by atoms with E-state index in [1.165, 1.54) is 11.6 Å². The van der Waals surface area contributed by atoms with Gasteiger partial charge in [-0.15, -0.1) is 0 Å². The van der Waals surface area contributed by atoms with Gasteiger partial charge >= 0.3 is 0 Å². The number of rotatable bonds is 5. The van der Waals surface area contributed by atoms with Gasteiger partial charge in [-0.1, -0.05) is 49.4 Å². The molecule has 3 rings (SSSR count). The smallest absolute Gasteiger partial charge is 0.225 e. The Bertz CT molecular complexity index is 835. The number of hydrogen-bond acceptors (Lipinski definition) is 2. The molecule has 2 aromatic carbocycles. The summed E-state index contributed by atoms with van der Waals surface area (Å²) < 4.78 is 13.7. The molecule has 1 N–H and O–H groups in total. The second-order valence-corrected chi connectivity index (χ2v) is 7.37. The zero-order valence-electron chi connectivity index (χ0n) is 16.5. The molecule has 2 atom stereocenters. The number of hydrogen-bond donors (Lipinski definition) is 1. The molecule has 0 saturated carbocycles. The molecule has 1 saturated heterocycles. The van der Waals surface area contributed by atoms with Gasteiger partial charge in [-0.25, -0.2) is 4.39 Å². The SMILES string of the molecule is CCc1ccc([C@H]2CC[C@H](C(=O)NCc3ccccc3F)CN2C(C)=O)cc1. The number of benzene rings is 2. The predicted molar refractivity (Wildman–Crippen MR) is 107 cm³/mol. The van der Waals surface area contributed by atoms with Crippen molar-refractivity contribution >= 4 is 11.8 Å². The van der Waals surface area contributed by atoms with Crippen molar-refractivity contribution in [2.24, 2.45) is 5.92 Å². The lowest BCUT2D eigenvalue weighted by Crippen LogP contribution is -2.46. The van der Waals surface area contributed by atoms with Gasteiger partial charge < -0.3 is 10.2 Å². The average molecular weight is 382 g/mol. The molecular formula is C23H27FN2O2. The van der Waals surface area contributed by atoms with Crippen molar-refractivity contribution in [1.29, 1.82) is 0 Å². The zero-order chi connectivity index (χ0) is 20.1. The van der Waals surface area contributed by atoms with Crippen LogP contribution in [0, 0.1) is 11.7 Å². The third kappa shape index (κ3) is 4.58. The first-order valence-electron chi connectivity index (χ1n) is 9.86. The van der Waals surface area contributed by atoms with Crippen LogP contribution in [0.1, 0.15) is 49.4 Å². The third-order valence-corrected chi connectivity index (χ3v) is 5.54. The maximum atomic E-state index is 13.7. The second-order valence-electron chi connectivity index (χ2n) is 7.37. The standard InChI is InChI=1S/C23H27FN2O2/c1-3-17-8-10-18(11-9-17)22-13-12-20(15-26(22)16(2)27)23(28)25-14-19-6-4-5-7-21(19)24/h4-11,20,22H,3,12-15H2,1-2H3,(H,25,28)/t20-,22+/m0/s1. The molecule has 0 unspecified atom stereocenters. The van der Waals surface area contributed by atoms with Crippen molar-refractivity contribution in [2.75, 3.05) is 6.54 Å². The van der Waals surface area contributed by atoms with Crippen molar-refractivity contribution in [3.8, 4) is 0 Å². The molecule has 0 bridgehead atoms. The normalized spacial score (nSPS) is 19.3. The van der Waals surface area contributed by atoms with E-state index >= 15 is 0 Å². The van der Waals surface area contributed by atoms with Gasteiger partial charge in [-0.05, 0) is 36.5 Å². The number of likely N-dealkylation sites (tertiary alicyclic amines) is 1. The van der Waals surface area contributed by atoms with Crippen molar-refractivity contribution in [3.05, 3.63) is 71.0 Å². The molecule has 1 heterocycles. The van der Waals surface area contributed by atoms with Crippen molar-refractivity contribution in [1.82, 2.24) is 10.2 Å². The van der Waals surface area contributed by atoms with Crippen LogP contribution in [0.2, 0.25) is 0 Å². The first-order chi connectivity index (χ1) is 13.5. The first kappa shape index (κ1) is 20.1. The van der Waals surface area contributed by atoms with Crippen LogP contribution in [0.25, 0.3) is 0 Å². The monoisotopic (exact) mass is 382 g/mol. The Morgan fingerprint density at radius 2 is 1.82 bits per heavy atom. The first-order valence-corrected chi connectivity index (χ1v) is 9.86. The second kappa shape index (κ2) is 9.00. The highest BCUT2D eigenvalue weighted by Crippen LogP contribution is 2.33. The molecule has 5 heteroatoms. The van der Waals surface area contributed by atoms with Crippen LogP contribution in [-0.2, 0) is 22.6 Å². The fraction of sp³-hybridized carbons (Fsp3) is 0.391. The minimum absolute atomic E-state index is 0.000904. The van der Waals surface area contributed by atoms with Crippen molar-refractivity contribution in [2.45, 2.75) is 45.7 Å². The molecule has 2 amide bonds. The fourth-order valence-corrected chi connectivity index (χ4v) is 3.82. The van der Waals surface area contributed by atoms with E-state index in [0.29, 0.717) is 18.5 Å². The Labute approximate surface area is 165 Å². The lowest BCUT2D eigenvalue weighted by Gasteiger charge is -2.39. The van der Waals surface area contributed by atoms with Crippen LogP contribution < -0.4 is 5.32 Å². The molecule has 2 aromatic rings. The Balaban J connectivity index is 1.65. The van der Waals surface area contributed by atoms with E-state index in [-0.39, 0.29) is 36.1 Å². The molecule has 28 heavy (non-hydrogen) atoms. The van der Waals surface area contributed by atoms with Crippen molar-refractivity contribution in [3.63, 3.8) is 0 Å². The van der Waals surface area contributed by atoms with Gasteiger partial charge in [0.15, 0.2) is 0 Å². The van der Waals surface area contributed by atoms with E-state index < -0.39 is 0 Å². The minimum atomic E-state index is -0.326. The third-order valence-electron chi connectivity index (χ3n) is 5.54. The van der Waals surface area contributed by atoms with Gasteiger partial charge in [0, 0.05) is 25.6 Å². The van der Waals surface area contributed by atoms with Gasteiger partial charge in [0.2, 0.25) is 11.8 Å². The number of nitrogens with zero attached hydrogens (tertiary/aromatic N) is 1. The molecule has 0 spiro atoms. The molecule has 1 aliphatic heterocycles. The Kier molecular flexibility index (Phi) is 6.45. The number of carbonyl (C=O) groups is 2. The number of nitrogens with one attached hydrogen (secondary N) is 1. The largest absolute Gasteiger partial charge is 0.352 e. The number of piperidine rings is 1. The number of halogens is 1. The molecule has 148 valence electrons. The summed E-state index contributed by atoms with van der Waals surface area (Å²) in [7, 11) is 0. The van der Waals surface area contributed by atoms with Crippen LogP contribution in [0.4, 0.5) is 4.39 Å². The van der Waals surface area contributed by atoms with Crippen LogP contribution in [0.5, 0.6) is 0 Å². The quantitative estimate of drug-likeness (QED) is 0.850. The van der Waals surface area contributed by atoms with Gasteiger partial charge in [0.05, 0.1) is 12.0 Å². The zero-order valence-corrected chi connectivity index (χ0v) is 16.5. The van der Waals surface area contributed by atoms with Gasteiger partial charge in [-0.3, -0.25) is 9.59 Å². The Hall–Kier alpha value is -2.69. The van der Waals surface area contributed by atoms with Gasteiger partial charge in [-0.2, -0.15) is 0 Å². The fourth-order valence-electron chi connectivity index (χ4n) is 3.82.